The molecule has 3 fully saturated rings. The van der Waals surface area contributed by atoms with E-state index in [1.165, 1.54) is 11.3 Å². The molecule has 5 heterocycles. The first-order valence-electron chi connectivity index (χ1n) is 22.6. The average molecular weight is 924 g/mol. The molecule has 0 spiro atoms. The maximum atomic E-state index is 15.1. The van der Waals surface area contributed by atoms with Crippen LogP contribution in [0.4, 0.5) is 5.13 Å². The highest BCUT2D eigenvalue weighted by atomic mass is 32.2. The van der Waals surface area contributed by atoms with Crippen LogP contribution in [0.25, 0.3) is 32.9 Å². The largest absolute Gasteiger partial charge is 0.459 e. The van der Waals surface area contributed by atoms with Crippen LogP contribution < -0.4 is 14.8 Å². The van der Waals surface area contributed by atoms with Crippen LogP contribution in [-0.4, -0.2) is 79.9 Å². The Balaban J connectivity index is 1.05. The molecule has 2 amide bonds. The molecule has 5 aromatic rings. The summed E-state index contributed by atoms with van der Waals surface area (Å²) < 4.78 is 37.0. The van der Waals surface area contributed by atoms with Crippen LogP contribution in [0.5, 0.6) is 6.01 Å². The van der Waals surface area contributed by atoms with Gasteiger partial charge in [-0.2, -0.15) is 4.98 Å². The van der Waals surface area contributed by atoms with Crippen molar-refractivity contribution in [3.63, 3.8) is 0 Å². The van der Waals surface area contributed by atoms with Gasteiger partial charge in [0.1, 0.15) is 22.7 Å². The van der Waals surface area contributed by atoms with Gasteiger partial charge in [0.05, 0.1) is 39.7 Å². The fourth-order valence-electron chi connectivity index (χ4n) is 9.19. The lowest BCUT2D eigenvalue weighted by Gasteiger charge is -2.29. The number of thiazole rings is 2. The molecule has 2 saturated carbocycles. The molecule has 2 aromatic carbocycles. The molecule has 338 valence electrons. The number of benzene rings is 2. The van der Waals surface area contributed by atoms with Gasteiger partial charge in [-0.1, -0.05) is 75.2 Å². The first-order chi connectivity index (χ1) is 30.7. The molecule has 1 saturated heterocycles. The van der Waals surface area contributed by atoms with Gasteiger partial charge in [-0.25, -0.2) is 18.4 Å². The van der Waals surface area contributed by atoms with E-state index in [4.69, 9.17) is 19.7 Å². The Morgan fingerprint density at radius 3 is 2.48 bits per heavy atom. The summed E-state index contributed by atoms with van der Waals surface area (Å²) in [7, 11) is -3.94. The number of rotatable bonds is 11. The maximum Gasteiger partial charge on any atom is 0.297 e. The summed E-state index contributed by atoms with van der Waals surface area (Å²) >= 11 is 3.02. The first-order valence-corrected chi connectivity index (χ1v) is 25.9. The summed E-state index contributed by atoms with van der Waals surface area (Å²) in [4.78, 5) is 60.7. The van der Waals surface area contributed by atoms with Gasteiger partial charge >= 0.3 is 0 Å². The van der Waals surface area contributed by atoms with Crippen LogP contribution in [0.15, 0.2) is 71.4 Å². The Morgan fingerprint density at radius 2 is 1.75 bits per heavy atom. The minimum absolute atomic E-state index is 0.0343. The molecule has 0 bridgehead atoms. The van der Waals surface area contributed by atoms with Crippen molar-refractivity contribution in [2.75, 3.05) is 11.9 Å². The Hall–Kier alpha value is -4.93. The van der Waals surface area contributed by atoms with Crippen molar-refractivity contribution in [1.82, 2.24) is 29.1 Å². The number of carbonyl (C=O) groups excluding carboxylic acids is 3. The number of allylic oxidation sites excluding steroid dienone is 2. The van der Waals surface area contributed by atoms with Crippen molar-refractivity contribution in [3.05, 3.63) is 77.1 Å². The van der Waals surface area contributed by atoms with Crippen molar-refractivity contribution in [1.29, 1.82) is 0 Å². The number of hydrogen-bond acceptors (Lipinski definition) is 12. The van der Waals surface area contributed by atoms with E-state index in [9.17, 15) is 18.0 Å². The van der Waals surface area contributed by atoms with E-state index in [1.54, 1.807) is 23.2 Å². The summed E-state index contributed by atoms with van der Waals surface area (Å²) in [6.45, 7) is 10.1. The number of Topliss-reactive ketones (excluding diaryl/α,β-unsaturated/α-hetero) is 1. The number of aromatic nitrogens is 4. The summed E-state index contributed by atoms with van der Waals surface area (Å²) in [5.41, 5.74) is 4.12. The normalized spacial score (nSPS) is 25.4. The second-order valence-electron chi connectivity index (χ2n) is 18.9. The van der Waals surface area contributed by atoms with E-state index in [1.807, 2.05) is 64.6 Å². The van der Waals surface area contributed by atoms with E-state index in [-0.39, 0.29) is 49.0 Å². The second-order valence-corrected chi connectivity index (χ2v) is 22.8. The molecule has 2 aliphatic heterocycles. The summed E-state index contributed by atoms with van der Waals surface area (Å²) in [5.74, 6) is -1.19. The number of amides is 2. The molecule has 16 heteroatoms. The third-order valence-electron chi connectivity index (χ3n) is 13.5. The number of nitrogens with one attached hydrogen (secondary N) is 2. The highest BCUT2D eigenvalue weighted by Crippen LogP contribution is 2.57. The summed E-state index contributed by atoms with van der Waals surface area (Å²) in [6.07, 6.45) is 8.54. The molecule has 64 heavy (non-hydrogen) atoms. The van der Waals surface area contributed by atoms with E-state index in [0.29, 0.717) is 36.8 Å². The van der Waals surface area contributed by atoms with Gasteiger partial charge in [0, 0.05) is 40.8 Å². The zero-order valence-corrected chi connectivity index (χ0v) is 39.5. The zero-order chi connectivity index (χ0) is 45.0. The Morgan fingerprint density at radius 1 is 0.953 bits per heavy atom. The van der Waals surface area contributed by atoms with Gasteiger partial charge in [-0.05, 0) is 83.3 Å². The van der Waals surface area contributed by atoms with Crippen LogP contribution in [0.2, 0.25) is 0 Å². The van der Waals surface area contributed by atoms with Crippen LogP contribution in [0.3, 0.4) is 0 Å². The number of ketones is 1. The molecule has 2 N–H and O–H groups in total. The molecule has 0 unspecified atom stereocenters. The van der Waals surface area contributed by atoms with Gasteiger partial charge < -0.3 is 15.0 Å². The monoisotopic (exact) mass is 923 g/mol. The van der Waals surface area contributed by atoms with Gasteiger partial charge in [-0.15, -0.1) is 22.7 Å². The lowest BCUT2D eigenvalue weighted by molar-refractivity contribution is -0.139. The standard InChI is InChI=1S/C48H57N7O6S3/c1-29(2)36-27-62-42(49-36)34-18-14-20-38-41(34)52-46(55(38)30(3)4)61-33-23-39-40(56)25-48(44(58)53-64(59,60)47(5)21-22-47)24-32(48)17-12-7-6-8-13-19-35(43(57)54(39)26-33)50-45-51-37(28-63-45)31-15-10-9-11-16-31/h9-12,14-18,20,27-30,32-33,35,39H,6-8,13,19,21-26H2,1-5H3,(H,50,51)(H,53,58)/b17-12-/t32-,33-,35+,39+,48-/m1/s1. The Bertz CT molecular complexity index is 2700. The van der Waals surface area contributed by atoms with Crippen molar-refractivity contribution in [2.24, 2.45) is 11.3 Å². The average Bonchev–Trinajstić information content (AvgIpc) is 3.77. The quantitative estimate of drug-likeness (QED) is 0.122. The molecule has 2 aliphatic carbocycles. The highest BCUT2D eigenvalue weighted by molar-refractivity contribution is 7.91. The maximum absolute atomic E-state index is 15.1. The predicted octanol–water partition coefficient (Wildman–Crippen LogP) is 9.30. The van der Waals surface area contributed by atoms with Crippen molar-refractivity contribution in [2.45, 2.75) is 134 Å². The minimum atomic E-state index is -3.94. The van der Waals surface area contributed by atoms with Gasteiger partial charge in [-0.3, -0.25) is 23.7 Å². The van der Waals surface area contributed by atoms with E-state index in [2.05, 4.69) is 49.2 Å². The van der Waals surface area contributed by atoms with Gasteiger partial charge in [0.15, 0.2) is 10.9 Å². The second kappa shape index (κ2) is 17.5. The number of para-hydroxylation sites is 1. The van der Waals surface area contributed by atoms with Crippen molar-refractivity contribution >= 4 is 66.5 Å². The smallest absolute Gasteiger partial charge is 0.297 e. The van der Waals surface area contributed by atoms with Crippen LogP contribution in [-0.2, 0) is 24.4 Å². The molecule has 9 rings (SSSR count). The summed E-state index contributed by atoms with van der Waals surface area (Å²) in [6, 6.07) is 14.7. The van der Waals surface area contributed by atoms with Crippen LogP contribution in [0, 0.1) is 11.3 Å². The molecular formula is C48H57N7O6S3. The van der Waals surface area contributed by atoms with E-state index >= 15 is 4.79 Å². The molecule has 0 radical (unpaired) electrons. The topological polar surface area (TPSA) is 165 Å². The highest BCUT2D eigenvalue weighted by Gasteiger charge is 2.62. The van der Waals surface area contributed by atoms with Gasteiger partial charge in [0.25, 0.3) is 6.01 Å². The Labute approximate surface area is 383 Å². The number of anilines is 1. The van der Waals surface area contributed by atoms with Crippen LogP contribution in [0.1, 0.15) is 116 Å². The van der Waals surface area contributed by atoms with Crippen molar-refractivity contribution in [3.8, 4) is 27.8 Å². The molecule has 4 aliphatic rings. The molecular weight excluding hydrogens is 867 g/mol. The van der Waals surface area contributed by atoms with E-state index < -0.39 is 44.3 Å². The zero-order valence-electron chi connectivity index (χ0n) is 37.1. The third kappa shape index (κ3) is 8.64. The Kier molecular flexibility index (Phi) is 12.1. The molecule has 3 aromatic heterocycles. The minimum Gasteiger partial charge on any atom is -0.459 e. The number of nitrogens with zero attached hydrogens (tertiary/aromatic N) is 5. The fraction of sp³-hybridized carbons (Fsp3) is 0.500. The van der Waals surface area contributed by atoms with Crippen LogP contribution >= 0.6 is 22.7 Å². The SMILES string of the molecule is CC(C)c1csc(-c2cccc3c2nc(O[C@@H]2C[C@H]4C(=O)C[C@]5(C(=O)NS(=O)(=O)C6(C)CC6)C[C@H]5/C=C\CCCCC[C@H](Nc5nc(-c6ccccc6)cs5)C(=O)N4C2)n3C(C)C)n1. The van der Waals surface area contributed by atoms with Gasteiger partial charge in [0.2, 0.25) is 21.8 Å². The number of ether oxygens (including phenoxy) is 1. The fourth-order valence-corrected chi connectivity index (χ4v) is 12.3. The number of hydrogen-bond donors (Lipinski definition) is 2. The van der Waals surface area contributed by atoms with E-state index in [0.717, 1.165) is 64.2 Å². The number of fused-ring (bicyclic) bond motifs is 3. The summed E-state index contributed by atoms with van der Waals surface area (Å²) in [5, 5.41) is 9.00. The molecule has 5 atom stereocenters. The number of carbonyl (C=O) groups is 3. The molecule has 13 nitrogen and oxygen atoms in total. The number of imidazole rings is 1. The van der Waals surface area contributed by atoms with Crippen molar-refractivity contribution < 1.29 is 27.5 Å². The lowest BCUT2D eigenvalue weighted by atomic mass is 9.91. The first kappa shape index (κ1) is 44.3. The predicted molar refractivity (Wildman–Crippen MR) is 252 cm³/mol. The lowest BCUT2D eigenvalue weighted by Crippen LogP contribution is -2.49. The third-order valence-corrected chi connectivity index (χ3v) is 17.4. The number of sulfonamides is 1.